The Morgan fingerprint density at radius 3 is 2.75 bits per heavy atom. The van der Waals surface area contributed by atoms with Gasteiger partial charge in [-0.1, -0.05) is 41.9 Å². The van der Waals surface area contributed by atoms with E-state index in [9.17, 15) is 0 Å². The molecule has 0 bridgehead atoms. The number of nitrogens with one attached hydrogen (secondary N) is 1. The molecule has 2 unspecified atom stereocenters. The van der Waals surface area contributed by atoms with Crippen molar-refractivity contribution in [1.29, 1.82) is 0 Å². The van der Waals surface area contributed by atoms with Crippen LogP contribution in [-0.2, 0) is 6.42 Å². The molecule has 1 aliphatic carbocycles. The lowest BCUT2D eigenvalue weighted by atomic mass is 10.0. The van der Waals surface area contributed by atoms with Gasteiger partial charge in [-0.15, -0.1) is 0 Å². The molecule has 0 saturated carbocycles. The van der Waals surface area contributed by atoms with Crippen molar-refractivity contribution in [3.8, 4) is 0 Å². The van der Waals surface area contributed by atoms with Gasteiger partial charge >= 0.3 is 0 Å². The Hall–Kier alpha value is -0.340. The molecule has 0 spiro atoms. The molecule has 0 radical (unpaired) electrons. The van der Waals surface area contributed by atoms with Crippen LogP contribution in [0.5, 0.6) is 0 Å². The molecular weight excluding hydrogens is 262 g/mol. The van der Waals surface area contributed by atoms with E-state index in [1.807, 2.05) is 0 Å². The van der Waals surface area contributed by atoms with Crippen LogP contribution >= 0.6 is 15.9 Å². The fourth-order valence-corrected chi connectivity index (χ4v) is 2.87. The van der Waals surface area contributed by atoms with Gasteiger partial charge in [0.05, 0.1) is 0 Å². The van der Waals surface area contributed by atoms with Crippen molar-refractivity contribution in [2.75, 3.05) is 0 Å². The van der Waals surface area contributed by atoms with E-state index in [1.165, 1.54) is 28.4 Å². The summed E-state index contributed by atoms with van der Waals surface area (Å²) in [5.74, 6) is 0.691. The summed E-state index contributed by atoms with van der Waals surface area (Å²) in [4.78, 5) is 0. The molecule has 1 aromatic carbocycles. The molecule has 0 fully saturated rings. The molecule has 2 atom stereocenters. The molecule has 1 aromatic rings. The van der Waals surface area contributed by atoms with Gasteiger partial charge in [0.25, 0.3) is 0 Å². The second-order valence-corrected chi connectivity index (χ2v) is 5.95. The lowest BCUT2D eigenvalue weighted by Crippen LogP contribution is -2.33. The number of fused-ring (bicyclic) bond motifs is 1. The van der Waals surface area contributed by atoms with Crippen LogP contribution in [0.3, 0.4) is 0 Å². The Kier molecular flexibility index (Phi) is 3.70. The van der Waals surface area contributed by atoms with Crippen molar-refractivity contribution >= 4 is 15.9 Å². The quantitative estimate of drug-likeness (QED) is 0.881. The van der Waals surface area contributed by atoms with Gasteiger partial charge in [-0.25, -0.2) is 0 Å². The van der Waals surface area contributed by atoms with Crippen LogP contribution in [0.15, 0.2) is 22.7 Å². The maximum Gasteiger partial charge on any atom is 0.0328 e. The summed E-state index contributed by atoms with van der Waals surface area (Å²) < 4.78 is 1.27. The fraction of sp³-hybridized carbons (Fsp3) is 0.571. The minimum Gasteiger partial charge on any atom is -0.307 e. The first-order valence-electron chi connectivity index (χ1n) is 6.13. The highest BCUT2D eigenvalue weighted by molar-refractivity contribution is 9.10. The van der Waals surface area contributed by atoms with Gasteiger partial charge in [-0.05, 0) is 42.9 Å². The summed E-state index contributed by atoms with van der Waals surface area (Å²) in [6.45, 7) is 6.82. The molecule has 0 saturated heterocycles. The van der Waals surface area contributed by atoms with Crippen molar-refractivity contribution in [1.82, 2.24) is 5.32 Å². The molecule has 0 amide bonds. The van der Waals surface area contributed by atoms with Crippen LogP contribution in [-0.4, -0.2) is 6.04 Å². The van der Waals surface area contributed by atoms with Crippen molar-refractivity contribution in [2.24, 2.45) is 5.92 Å². The van der Waals surface area contributed by atoms with Crippen LogP contribution in [0, 0.1) is 5.92 Å². The molecule has 0 heterocycles. The molecule has 0 aliphatic heterocycles. The Labute approximate surface area is 107 Å². The number of rotatable bonds is 3. The van der Waals surface area contributed by atoms with E-state index in [0.717, 1.165) is 0 Å². The highest BCUT2D eigenvalue weighted by Gasteiger charge is 2.25. The van der Waals surface area contributed by atoms with E-state index in [0.29, 0.717) is 18.0 Å². The van der Waals surface area contributed by atoms with E-state index in [1.54, 1.807) is 0 Å². The summed E-state index contributed by atoms with van der Waals surface area (Å²) in [6, 6.07) is 7.67. The Morgan fingerprint density at radius 1 is 1.31 bits per heavy atom. The van der Waals surface area contributed by atoms with Crippen molar-refractivity contribution in [2.45, 2.75) is 45.7 Å². The van der Waals surface area contributed by atoms with Gasteiger partial charge < -0.3 is 5.32 Å². The van der Waals surface area contributed by atoms with Crippen LogP contribution in [0.4, 0.5) is 0 Å². The van der Waals surface area contributed by atoms with E-state index in [2.05, 4.69) is 60.2 Å². The summed E-state index contributed by atoms with van der Waals surface area (Å²) >= 11 is 3.64. The minimum atomic E-state index is 0.546. The standard InChI is InChI=1S/C14H20BrN/c1-9(2)10(3)16-14-8-7-11-12(14)5-4-6-13(11)15/h4-6,9-10,14,16H,7-8H2,1-3H3. The van der Waals surface area contributed by atoms with Crippen molar-refractivity contribution in [3.63, 3.8) is 0 Å². The van der Waals surface area contributed by atoms with Gasteiger partial charge in [-0.2, -0.15) is 0 Å². The van der Waals surface area contributed by atoms with Crippen LogP contribution in [0.2, 0.25) is 0 Å². The van der Waals surface area contributed by atoms with Gasteiger partial charge in [-0.3, -0.25) is 0 Å². The molecular formula is C14H20BrN. The molecule has 1 aliphatic rings. The first kappa shape index (κ1) is 12.1. The zero-order chi connectivity index (χ0) is 11.7. The van der Waals surface area contributed by atoms with Gasteiger partial charge in [0.15, 0.2) is 0 Å². The largest absolute Gasteiger partial charge is 0.307 e. The van der Waals surface area contributed by atoms with E-state index in [4.69, 9.17) is 0 Å². The maximum absolute atomic E-state index is 3.74. The second-order valence-electron chi connectivity index (χ2n) is 5.10. The van der Waals surface area contributed by atoms with Crippen molar-refractivity contribution < 1.29 is 0 Å². The topological polar surface area (TPSA) is 12.0 Å². The third kappa shape index (κ3) is 2.33. The van der Waals surface area contributed by atoms with Gasteiger partial charge in [0.2, 0.25) is 0 Å². The predicted molar refractivity (Wildman–Crippen MR) is 72.6 cm³/mol. The Balaban J connectivity index is 2.15. The second kappa shape index (κ2) is 4.89. The highest BCUT2D eigenvalue weighted by atomic mass is 79.9. The van der Waals surface area contributed by atoms with Crippen LogP contribution < -0.4 is 5.32 Å². The van der Waals surface area contributed by atoms with E-state index < -0.39 is 0 Å². The Bertz CT molecular complexity index is 373. The molecule has 0 aromatic heterocycles. The zero-order valence-corrected chi connectivity index (χ0v) is 11.8. The lowest BCUT2D eigenvalue weighted by Gasteiger charge is -2.23. The fourth-order valence-electron chi connectivity index (χ4n) is 2.29. The predicted octanol–water partition coefficient (Wildman–Crippen LogP) is 4.07. The normalized spacial score (nSPS) is 21.2. The van der Waals surface area contributed by atoms with Gasteiger partial charge in [0, 0.05) is 16.6 Å². The van der Waals surface area contributed by atoms with Crippen LogP contribution in [0.25, 0.3) is 0 Å². The van der Waals surface area contributed by atoms with Crippen molar-refractivity contribution in [3.05, 3.63) is 33.8 Å². The van der Waals surface area contributed by atoms with E-state index >= 15 is 0 Å². The average molecular weight is 282 g/mol. The number of benzene rings is 1. The first-order chi connectivity index (χ1) is 7.59. The summed E-state index contributed by atoms with van der Waals surface area (Å²) in [5.41, 5.74) is 2.98. The maximum atomic E-state index is 3.74. The highest BCUT2D eigenvalue weighted by Crippen LogP contribution is 2.36. The number of hydrogen-bond acceptors (Lipinski definition) is 1. The van der Waals surface area contributed by atoms with Crippen LogP contribution in [0.1, 0.15) is 44.4 Å². The zero-order valence-electron chi connectivity index (χ0n) is 10.3. The molecule has 16 heavy (non-hydrogen) atoms. The summed E-state index contributed by atoms with van der Waals surface area (Å²) in [5, 5.41) is 3.74. The number of hydrogen-bond donors (Lipinski definition) is 1. The summed E-state index contributed by atoms with van der Waals surface area (Å²) in [7, 11) is 0. The monoisotopic (exact) mass is 281 g/mol. The van der Waals surface area contributed by atoms with E-state index in [-0.39, 0.29) is 0 Å². The third-order valence-electron chi connectivity index (χ3n) is 3.68. The first-order valence-corrected chi connectivity index (χ1v) is 6.92. The molecule has 1 nitrogen and oxygen atoms in total. The van der Waals surface area contributed by atoms with Gasteiger partial charge in [0.1, 0.15) is 0 Å². The SMILES string of the molecule is CC(C)C(C)NC1CCc2c(Br)cccc21. The smallest absolute Gasteiger partial charge is 0.0328 e. The molecule has 2 rings (SSSR count). The summed E-state index contributed by atoms with van der Waals surface area (Å²) in [6.07, 6.45) is 2.42. The number of halogens is 1. The molecule has 1 N–H and O–H groups in total. The third-order valence-corrected chi connectivity index (χ3v) is 4.42. The Morgan fingerprint density at radius 2 is 2.06 bits per heavy atom. The minimum absolute atomic E-state index is 0.546. The lowest BCUT2D eigenvalue weighted by molar-refractivity contribution is 0.375. The molecule has 2 heteroatoms. The molecule has 88 valence electrons. The average Bonchev–Trinajstić information content (AvgIpc) is 2.63.